The van der Waals surface area contributed by atoms with Crippen molar-refractivity contribution in [2.24, 2.45) is 11.8 Å². The third-order valence-corrected chi connectivity index (χ3v) is 9.10. The normalized spacial score (nSPS) is 17.8. The number of nitrogens with zero attached hydrogens (tertiary/aromatic N) is 1. The lowest BCUT2D eigenvalue weighted by Crippen LogP contribution is -2.27. The number of carbonyl (C=O) groups is 1. The summed E-state index contributed by atoms with van der Waals surface area (Å²) in [6, 6.07) is 17.7. The van der Waals surface area contributed by atoms with Crippen molar-refractivity contribution in [2.45, 2.75) is 96.4 Å². The summed E-state index contributed by atoms with van der Waals surface area (Å²) in [6.45, 7) is 5.52. The first-order chi connectivity index (χ1) is 18.2. The minimum absolute atomic E-state index is 0. The molecule has 0 spiro atoms. The number of ketones is 1. The summed E-state index contributed by atoms with van der Waals surface area (Å²) in [5, 5.41) is 4.78. The third-order valence-electron chi connectivity index (χ3n) is 9.10. The van der Waals surface area contributed by atoms with Crippen molar-refractivity contribution < 1.29 is 4.79 Å². The number of aryl methyl sites for hydroxylation is 2. The van der Waals surface area contributed by atoms with Crippen LogP contribution in [0.4, 0.5) is 0 Å². The monoisotopic (exact) mass is 534 g/mol. The van der Waals surface area contributed by atoms with Gasteiger partial charge in [-0.1, -0.05) is 80.1 Å². The molecule has 1 saturated heterocycles. The van der Waals surface area contributed by atoms with Gasteiger partial charge in [0.15, 0.2) is 0 Å². The Morgan fingerprint density at radius 2 is 1.71 bits per heavy atom. The molecule has 0 amide bonds. The Morgan fingerprint density at radius 3 is 2.50 bits per heavy atom. The van der Waals surface area contributed by atoms with Crippen LogP contribution in [-0.4, -0.2) is 23.4 Å². The van der Waals surface area contributed by atoms with E-state index >= 15 is 0 Å². The zero-order valence-corrected chi connectivity index (χ0v) is 24.1. The number of rotatable bonds is 11. The third kappa shape index (κ3) is 7.51. The van der Waals surface area contributed by atoms with Gasteiger partial charge in [-0.05, 0) is 81.1 Å². The first kappa shape index (κ1) is 28.9. The van der Waals surface area contributed by atoms with Crippen molar-refractivity contribution in [1.82, 2.24) is 9.88 Å². The number of para-hydroxylation sites is 1. The Balaban J connectivity index is 0.00000336. The lowest BCUT2D eigenvalue weighted by Gasteiger charge is -2.22. The largest absolute Gasteiger partial charge is 0.347 e. The molecule has 2 aliphatic rings. The van der Waals surface area contributed by atoms with Crippen LogP contribution in [0.15, 0.2) is 54.7 Å². The fourth-order valence-corrected chi connectivity index (χ4v) is 6.92. The maximum atomic E-state index is 13.4. The highest BCUT2D eigenvalue weighted by Gasteiger charge is 2.24. The SMILES string of the molecule is Cc1cccc(C(CC(=O)CCCC2CCNCC2)c2cn(CCC3CCCCC3)c3ccccc23)c1.Cl. The summed E-state index contributed by atoms with van der Waals surface area (Å²) in [5.41, 5.74) is 5.20. The molecule has 2 aromatic carbocycles. The number of carbonyl (C=O) groups excluding carboxylic acids is 1. The summed E-state index contributed by atoms with van der Waals surface area (Å²) < 4.78 is 2.49. The van der Waals surface area contributed by atoms with Gasteiger partial charge in [-0.25, -0.2) is 0 Å². The Bertz CT molecular complexity index is 1160. The highest BCUT2D eigenvalue weighted by molar-refractivity contribution is 5.87. The first-order valence-electron chi connectivity index (χ1n) is 15.0. The zero-order chi connectivity index (χ0) is 25.5. The number of nitrogens with one attached hydrogen (secondary N) is 1. The van der Waals surface area contributed by atoms with E-state index in [9.17, 15) is 4.79 Å². The average Bonchev–Trinajstić information content (AvgIpc) is 3.30. The van der Waals surface area contributed by atoms with Crippen LogP contribution in [0.5, 0.6) is 0 Å². The average molecular weight is 535 g/mol. The van der Waals surface area contributed by atoms with Crippen LogP contribution in [0, 0.1) is 18.8 Å². The fourth-order valence-electron chi connectivity index (χ4n) is 6.92. The molecule has 1 aliphatic carbocycles. The molecule has 38 heavy (non-hydrogen) atoms. The van der Waals surface area contributed by atoms with Gasteiger partial charge in [-0.3, -0.25) is 4.79 Å². The number of Topliss-reactive ketones (excluding diaryl/α,β-unsaturated/α-hetero) is 1. The van der Waals surface area contributed by atoms with E-state index in [1.165, 1.54) is 85.4 Å². The van der Waals surface area contributed by atoms with Gasteiger partial charge in [0.05, 0.1) is 0 Å². The maximum Gasteiger partial charge on any atom is 0.133 e. The van der Waals surface area contributed by atoms with Gasteiger partial charge in [0.2, 0.25) is 0 Å². The Labute approximate surface area is 236 Å². The van der Waals surface area contributed by atoms with Gasteiger partial charge >= 0.3 is 0 Å². The van der Waals surface area contributed by atoms with Crippen molar-refractivity contribution in [3.05, 3.63) is 71.4 Å². The minimum atomic E-state index is 0. The van der Waals surface area contributed by atoms with Crippen molar-refractivity contribution in [2.75, 3.05) is 13.1 Å². The molecular weight excluding hydrogens is 488 g/mol. The van der Waals surface area contributed by atoms with Crippen LogP contribution in [0.2, 0.25) is 0 Å². The summed E-state index contributed by atoms with van der Waals surface area (Å²) in [5.74, 6) is 2.20. The van der Waals surface area contributed by atoms with E-state index < -0.39 is 0 Å². The minimum Gasteiger partial charge on any atom is -0.347 e. The van der Waals surface area contributed by atoms with E-state index in [1.54, 1.807) is 0 Å². The Kier molecular flexibility index (Phi) is 10.9. The van der Waals surface area contributed by atoms with Crippen LogP contribution < -0.4 is 5.32 Å². The second-order valence-electron chi connectivity index (χ2n) is 11.9. The topological polar surface area (TPSA) is 34.0 Å². The quantitative estimate of drug-likeness (QED) is 0.267. The lowest BCUT2D eigenvalue weighted by atomic mass is 9.85. The second kappa shape index (κ2) is 14.3. The molecule has 206 valence electrons. The molecule has 1 saturated carbocycles. The van der Waals surface area contributed by atoms with E-state index in [2.05, 4.69) is 71.5 Å². The van der Waals surface area contributed by atoms with Crippen molar-refractivity contribution in [3.63, 3.8) is 0 Å². The van der Waals surface area contributed by atoms with E-state index in [0.717, 1.165) is 37.9 Å². The van der Waals surface area contributed by atoms with Gasteiger partial charge in [0.1, 0.15) is 5.78 Å². The van der Waals surface area contributed by atoms with E-state index in [0.29, 0.717) is 18.6 Å². The molecule has 1 unspecified atom stereocenters. The molecule has 0 bridgehead atoms. The molecule has 4 heteroatoms. The molecule has 1 atom stereocenters. The highest BCUT2D eigenvalue weighted by atomic mass is 35.5. The van der Waals surface area contributed by atoms with Gasteiger partial charge in [0.25, 0.3) is 0 Å². The van der Waals surface area contributed by atoms with Crippen LogP contribution in [0.3, 0.4) is 0 Å². The van der Waals surface area contributed by atoms with Crippen LogP contribution in [0.1, 0.15) is 99.7 Å². The van der Waals surface area contributed by atoms with Crippen LogP contribution >= 0.6 is 12.4 Å². The molecule has 0 radical (unpaired) electrons. The molecule has 3 aromatic rings. The number of hydrogen-bond acceptors (Lipinski definition) is 2. The Hall–Kier alpha value is -2.10. The van der Waals surface area contributed by atoms with Gasteiger partial charge < -0.3 is 9.88 Å². The van der Waals surface area contributed by atoms with E-state index in [1.807, 2.05) is 0 Å². The Morgan fingerprint density at radius 1 is 0.947 bits per heavy atom. The van der Waals surface area contributed by atoms with E-state index in [-0.39, 0.29) is 18.3 Å². The summed E-state index contributed by atoms with van der Waals surface area (Å²) in [7, 11) is 0. The lowest BCUT2D eigenvalue weighted by molar-refractivity contribution is -0.119. The predicted octanol–water partition coefficient (Wildman–Crippen LogP) is 8.60. The number of benzene rings is 2. The molecule has 1 aromatic heterocycles. The number of hydrogen-bond donors (Lipinski definition) is 1. The standard InChI is InChI=1S/C34H46N2O.ClH/c1-26-9-7-13-29(23-26)32(24-30(37)14-8-12-28-17-20-35-21-18-28)33-25-36(34-16-6-5-15-31(33)34)22-19-27-10-3-2-4-11-27;/h5-7,9,13,15-16,23,25,27-28,32,35H,2-4,8,10-12,14,17-22,24H2,1H3;1H. The van der Waals surface area contributed by atoms with Crippen molar-refractivity contribution in [1.29, 1.82) is 0 Å². The van der Waals surface area contributed by atoms with Crippen LogP contribution in [0.25, 0.3) is 10.9 Å². The molecule has 1 N–H and O–H groups in total. The van der Waals surface area contributed by atoms with E-state index in [4.69, 9.17) is 0 Å². The van der Waals surface area contributed by atoms with Crippen molar-refractivity contribution in [3.8, 4) is 0 Å². The number of fused-ring (bicyclic) bond motifs is 1. The van der Waals surface area contributed by atoms with Gasteiger partial charge in [-0.2, -0.15) is 0 Å². The van der Waals surface area contributed by atoms with Crippen LogP contribution in [-0.2, 0) is 11.3 Å². The summed E-state index contributed by atoms with van der Waals surface area (Å²) in [4.78, 5) is 13.4. The molecule has 3 nitrogen and oxygen atoms in total. The maximum absolute atomic E-state index is 13.4. The summed E-state index contributed by atoms with van der Waals surface area (Å²) in [6.07, 6.45) is 16.7. The second-order valence-corrected chi connectivity index (χ2v) is 11.9. The summed E-state index contributed by atoms with van der Waals surface area (Å²) >= 11 is 0. The van der Waals surface area contributed by atoms with Gasteiger partial charge in [0, 0.05) is 42.4 Å². The fraction of sp³-hybridized carbons (Fsp3) is 0.559. The van der Waals surface area contributed by atoms with Crippen molar-refractivity contribution >= 4 is 29.1 Å². The number of piperidine rings is 1. The number of halogens is 1. The zero-order valence-electron chi connectivity index (χ0n) is 23.3. The molecular formula is C34H47ClN2O. The number of aromatic nitrogens is 1. The molecule has 1 aliphatic heterocycles. The van der Waals surface area contributed by atoms with Gasteiger partial charge in [-0.15, -0.1) is 12.4 Å². The first-order valence-corrected chi connectivity index (χ1v) is 15.0. The predicted molar refractivity (Wildman–Crippen MR) is 162 cm³/mol. The molecule has 2 heterocycles. The molecule has 5 rings (SSSR count). The highest BCUT2D eigenvalue weighted by Crippen LogP contribution is 2.36. The molecule has 2 fully saturated rings. The smallest absolute Gasteiger partial charge is 0.133 e.